The van der Waals surface area contributed by atoms with Gasteiger partial charge in [0.2, 0.25) is 0 Å². The summed E-state index contributed by atoms with van der Waals surface area (Å²) in [6, 6.07) is 9.29. The van der Waals surface area contributed by atoms with E-state index >= 15 is 0 Å². The van der Waals surface area contributed by atoms with Crippen molar-refractivity contribution in [2.75, 3.05) is 26.2 Å². The second-order valence-corrected chi connectivity index (χ2v) is 5.78. The molecule has 2 atom stereocenters. The number of benzene rings is 1. The Labute approximate surface area is 134 Å². The van der Waals surface area contributed by atoms with Crippen LogP contribution in [0, 0.1) is 11.8 Å². The monoisotopic (exact) mass is 331 g/mol. The van der Waals surface area contributed by atoms with E-state index in [4.69, 9.17) is 0 Å². The van der Waals surface area contributed by atoms with E-state index in [0.717, 1.165) is 5.56 Å². The molecule has 2 aliphatic rings. The van der Waals surface area contributed by atoms with Gasteiger partial charge < -0.3 is 15.5 Å². The highest BCUT2D eigenvalue weighted by atomic mass is 35.5. The summed E-state index contributed by atoms with van der Waals surface area (Å²) in [5, 5.41) is 5.83. The van der Waals surface area contributed by atoms with Crippen LogP contribution in [0.3, 0.4) is 0 Å². The molecule has 2 N–H and O–H groups in total. The number of nitrogens with zero attached hydrogens (tertiary/aromatic N) is 1. The molecule has 122 valence electrons. The van der Waals surface area contributed by atoms with Crippen molar-refractivity contribution < 1.29 is 13.6 Å². The SMILES string of the molecule is Cl.O=C(NCc1ccccc1)N1CC2CNCC(C1)C2(F)F. The number of hydrogen-bond donors (Lipinski definition) is 2. The van der Waals surface area contributed by atoms with Gasteiger partial charge in [-0.25, -0.2) is 13.6 Å². The van der Waals surface area contributed by atoms with Crippen molar-refractivity contribution >= 4 is 18.4 Å². The normalized spacial score (nSPS) is 26.0. The first-order valence-electron chi connectivity index (χ1n) is 7.22. The van der Waals surface area contributed by atoms with Gasteiger partial charge in [0.05, 0.1) is 11.8 Å². The maximum Gasteiger partial charge on any atom is 0.317 e. The third kappa shape index (κ3) is 3.33. The number of urea groups is 1. The summed E-state index contributed by atoms with van der Waals surface area (Å²) in [6.45, 7) is 1.17. The lowest BCUT2D eigenvalue weighted by molar-refractivity contribution is -0.155. The Morgan fingerprint density at radius 3 is 2.41 bits per heavy atom. The Morgan fingerprint density at radius 1 is 1.23 bits per heavy atom. The van der Waals surface area contributed by atoms with Crippen molar-refractivity contribution in [1.29, 1.82) is 0 Å². The highest BCUT2D eigenvalue weighted by Crippen LogP contribution is 2.39. The van der Waals surface area contributed by atoms with Crippen molar-refractivity contribution in [2.45, 2.75) is 12.5 Å². The van der Waals surface area contributed by atoms with Gasteiger partial charge >= 0.3 is 6.03 Å². The van der Waals surface area contributed by atoms with Crippen molar-refractivity contribution in [2.24, 2.45) is 11.8 Å². The zero-order valence-electron chi connectivity index (χ0n) is 12.1. The van der Waals surface area contributed by atoms with Gasteiger partial charge in [-0.1, -0.05) is 30.3 Å². The molecule has 0 aromatic heterocycles. The molecule has 2 saturated heterocycles. The molecule has 2 fully saturated rings. The van der Waals surface area contributed by atoms with Crippen LogP contribution < -0.4 is 10.6 Å². The highest BCUT2D eigenvalue weighted by molar-refractivity contribution is 5.85. The molecule has 2 aliphatic heterocycles. The Morgan fingerprint density at radius 2 is 1.82 bits per heavy atom. The standard InChI is InChI=1S/C15H19F2N3O.ClH/c16-15(17)12-7-18-8-13(15)10-20(9-12)14(21)19-6-11-4-2-1-3-5-11;/h1-5,12-13,18H,6-10H2,(H,19,21);1H. The van der Waals surface area contributed by atoms with Crippen LogP contribution in [-0.2, 0) is 6.54 Å². The fraction of sp³-hybridized carbons (Fsp3) is 0.533. The molecule has 1 aromatic carbocycles. The smallest absolute Gasteiger partial charge is 0.317 e. The zero-order chi connectivity index (χ0) is 14.9. The fourth-order valence-electron chi connectivity index (χ4n) is 3.07. The fourth-order valence-corrected chi connectivity index (χ4v) is 3.07. The topological polar surface area (TPSA) is 44.4 Å². The molecule has 22 heavy (non-hydrogen) atoms. The van der Waals surface area contributed by atoms with E-state index in [0.29, 0.717) is 6.54 Å². The van der Waals surface area contributed by atoms with E-state index in [1.165, 1.54) is 4.90 Å². The highest BCUT2D eigenvalue weighted by Gasteiger charge is 2.54. The number of carbonyl (C=O) groups excluding carboxylic acids is 1. The van der Waals surface area contributed by atoms with Crippen molar-refractivity contribution in [1.82, 2.24) is 15.5 Å². The molecule has 2 heterocycles. The number of carbonyl (C=O) groups is 1. The quantitative estimate of drug-likeness (QED) is 0.871. The maximum absolute atomic E-state index is 14.0. The Hall–Kier alpha value is -1.40. The summed E-state index contributed by atoms with van der Waals surface area (Å²) >= 11 is 0. The van der Waals surface area contributed by atoms with E-state index in [-0.39, 0.29) is 44.6 Å². The van der Waals surface area contributed by atoms with Crippen LogP contribution in [-0.4, -0.2) is 43.0 Å². The lowest BCUT2D eigenvalue weighted by atomic mass is 9.81. The molecule has 2 amide bonds. The lowest BCUT2D eigenvalue weighted by Gasteiger charge is -2.47. The van der Waals surface area contributed by atoms with Gasteiger partial charge in [-0.15, -0.1) is 12.4 Å². The van der Waals surface area contributed by atoms with Crippen LogP contribution in [0.1, 0.15) is 5.56 Å². The molecule has 3 rings (SSSR count). The number of alkyl halides is 2. The third-order valence-electron chi connectivity index (χ3n) is 4.33. The predicted octanol–water partition coefficient (Wildman–Crippen LogP) is 2.10. The van der Waals surface area contributed by atoms with Gasteiger partial charge in [0.25, 0.3) is 5.92 Å². The first-order valence-corrected chi connectivity index (χ1v) is 7.22. The summed E-state index contributed by atoms with van der Waals surface area (Å²) in [6.07, 6.45) is 0. The van der Waals surface area contributed by atoms with Gasteiger partial charge in [-0.05, 0) is 5.56 Å². The molecule has 1 aromatic rings. The average Bonchev–Trinajstić information content (AvgIpc) is 2.44. The van der Waals surface area contributed by atoms with Crippen LogP contribution in [0.2, 0.25) is 0 Å². The first-order chi connectivity index (χ1) is 10.1. The van der Waals surface area contributed by atoms with Gasteiger partial charge in [-0.2, -0.15) is 0 Å². The molecule has 7 heteroatoms. The van der Waals surface area contributed by atoms with E-state index in [1.54, 1.807) is 0 Å². The Bertz CT molecular complexity index is 499. The summed E-state index contributed by atoms with van der Waals surface area (Å²) in [5.74, 6) is -4.23. The number of halogens is 3. The first kappa shape index (κ1) is 17.0. The van der Waals surface area contributed by atoms with E-state index in [9.17, 15) is 13.6 Å². The van der Waals surface area contributed by atoms with E-state index in [1.807, 2.05) is 30.3 Å². The molecule has 0 aliphatic carbocycles. The number of amides is 2. The maximum atomic E-state index is 14.0. The number of likely N-dealkylation sites (tertiary alicyclic amines) is 1. The van der Waals surface area contributed by atoms with Gasteiger partial charge in [0.15, 0.2) is 0 Å². The number of rotatable bonds is 2. The number of hydrogen-bond acceptors (Lipinski definition) is 2. The van der Waals surface area contributed by atoms with Gasteiger partial charge in [0.1, 0.15) is 0 Å². The summed E-state index contributed by atoms with van der Waals surface area (Å²) < 4.78 is 28.0. The van der Waals surface area contributed by atoms with Gasteiger partial charge in [0, 0.05) is 32.7 Å². The molecule has 2 bridgehead atoms. The number of fused-ring (bicyclic) bond motifs is 2. The minimum Gasteiger partial charge on any atom is -0.334 e. The minimum absolute atomic E-state index is 0. The number of piperidine rings is 2. The third-order valence-corrected chi connectivity index (χ3v) is 4.33. The number of nitrogens with one attached hydrogen (secondary N) is 2. The van der Waals surface area contributed by atoms with Crippen LogP contribution in [0.4, 0.5) is 13.6 Å². The zero-order valence-corrected chi connectivity index (χ0v) is 12.9. The minimum atomic E-state index is -2.67. The molecular formula is C15H20ClF2N3O. The van der Waals surface area contributed by atoms with Crippen LogP contribution in [0.15, 0.2) is 30.3 Å². The largest absolute Gasteiger partial charge is 0.334 e. The molecule has 2 unspecified atom stereocenters. The van der Waals surface area contributed by atoms with Crippen molar-refractivity contribution in [3.63, 3.8) is 0 Å². The van der Waals surface area contributed by atoms with Crippen molar-refractivity contribution in [3.05, 3.63) is 35.9 Å². The predicted molar refractivity (Wildman–Crippen MR) is 82.3 cm³/mol. The molecule has 0 radical (unpaired) electrons. The van der Waals surface area contributed by atoms with Crippen LogP contribution in [0.25, 0.3) is 0 Å². The van der Waals surface area contributed by atoms with Crippen LogP contribution in [0.5, 0.6) is 0 Å². The molecular weight excluding hydrogens is 312 g/mol. The summed E-state index contributed by atoms with van der Waals surface area (Å²) in [7, 11) is 0. The van der Waals surface area contributed by atoms with Crippen LogP contribution >= 0.6 is 12.4 Å². The molecule has 0 spiro atoms. The van der Waals surface area contributed by atoms with E-state index in [2.05, 4.69) is 10.6 Å². The Balaban J connectivity index is 0.00000176. The average molecular weight is 332 g/mol. The Kier molecular flexibility index (Phi) is 5.24. The molecule has 0 saturated carbocycles. The summed E-state index contributed by atoms with van der Waals surface area (Å²) in [5.41, 5.74) is 0.995. The molecule has 4 nitrogen and oxygen atoms in total. The van der Waals surface area contributed by atoms with Crippen molar-refractivity contribution in [3.8, 4) is 0 Å². The second-order valence-electron chi connectivity index (χ2n) is 5.78. The van der Waals surface area contributed by atoms with E-state index < -0.39 is 17.8 Å². The lowest BCUT2D eigenvalue weighted by Crippen LogP contribution is -2.64. The second kappa shape index (κ2) is 6.79. The summed E-state index contributed by atoms with van der Waals surface area (Å²) in [4.78, 5) is 13.7. The van der Waals surface area contributed by atoms with Gasteiger partial charge in [-0.3, -0.25) is 0 Å².